The Morgan fingerprint density at radius 3 is 2.75 bits per heavy atom. The van der Waals surface area contributed by atoms with Crippen LogP contribution in [0.3, 0.4) is 0 Å². The summed E-state index contributed by atoms with van der Waals surface area (Å²) in [4.78, 5) is 14.3. The number of pyridine rings is 1. The largest absolute Gasteiger partial charge is 0.271 e. The maximum Gasteiger partial charge on any atom is 0.256 e. The zero-order valence-electron chi connectivity index (χ0n) is 9.15. The van der Waals surface area contributed by atoms with Gasteiger partial charge in [0, 0.05) is 22.0 Å². The van der Waals surface area contributed by atoms with Gasteiger partial charge in [-0.05, 0) is 19.2 Å². The number of fused-ring (bicyclic) bond motifs is 3. The predicted molar refractivity (Wildman–Crippen MR) is 68.5 cm³/mol. The smallest absolute Gasteiger partial charge is 0.256 e. The molecule has 3 rings (SSSR count). The minimum atomic E-state index is 0.0653. The van der Waals surface area contributed by atoms with Crippen molar-refractivity contribution in [3.63, 3.8) is 0 Å². The molecule has 2 heterocycles. The summed E-state index contributed by atoms with van der Waals surface area (Å²) < 4.78 is 1.81. The normalized spacial score (nSPS) is 11.4. The van der Waals surface area contributed by atoms with Crippen molar-refractivity contribution in [1.82, 2.24) is 4.40 Å². The molecule has 2 nitrogen and oxygen atoms in total. The zero-order valence-corrected chi connectivity index (χ0v) is 9.97. The predicted octanol–water partition coefficient (Wildman–Crippen LogP) is 3.13. The van der Waals surface area contributed by atoms with Crippen LogP contribution in [0.4, 0.5) is 0 Å². The van der Waals surface area contributed by atoms with Gasteiger partial charge in [0.15, 0.2) is 0 Å². The molecule has 0 unspecified atom stereocenters. The maximum atomic E-state index is 12.0. The first-order valence-electron chi connectivity index (χ1n) is 5.19. The van der Waals surface area contributed by atoms with E-state index in [2.05, 4.69) is 13.0 Å². The number of rotatable bonds is 0. The summed E-state index contributed by atoms with van der Waals surface area (Å²) in [6.45, 7) is 4.05. The van der Waals surface area contributed by atoms with Crippen LogP contribution in [0.15, 0.2) is 35.1 Å². The second kappa shape index (κ2) is 3.19. The van der Waals surface area contributed by atoms with Crippen molar-refractivity contribution in [2.24, 2.45) is 0 Å². The molecule has 0 radical (unpaired) electrons. The quantitative estimate of drug-likeness (QED) is 0.580. The summed E-state index contributed by atoms with van der Waals surface area (Å²) >= 11 is 1.69. The van der Waals surface area contributed by atoms with Crippen molar-refractivity contribution < 1.29 is 0 Å². The number of nitrogens with zero attached hydrogens (tertiary/aromatic N) is 1. The van der Waals surface area contributed by atoms with E-state index in [9.17, 15) is 4.79 Å². The number of hydrogen-bond donors (Lipinski definition) is 0. The standard InChI is InChI=1S/C13H11NOS/c1-8-9(2)16-13-11-6-4-3-5-10(11)7-12(15)14(8)13/h3-7H,1-2H3. The molecule has 0 aliphatic carbocycles. The molecule has 0 atom stereocenters. The van der Waals surface area contributed by atoms with Gasteiger partial charge >= 0.3 is 0 Å². The fraction of sp³-hybridized carbons (Fsp3) is 0.154. The second-order valence-corrected chi connectivity index (χ2v) is 5.16. The Bertz CT molecular complexity index is 752. The van der Waals surface area contributed by atoms with E-state index in [0.29, 0.717) is 0 Å². The summed E-state index contributed by atoms with van der Waals surface area (Å²) in [6, 6.07) is 9.74. The molecule has 2 aromatic heterocycles. The van der Waals surface area contributed by atoms with Crippen LogP contribution in [-0.2, 0) is 0 Å². The molecule has 0 aliphatic heterocycles. The van der Waals surface area contributed by atoms with Gasteiger partial charge in [0.2, 0.25) is 0 Å². The van der Waals surface area contributed by atoms with Crippen molar-refractivity contribution in [2.45, 2.75) is 13.8 Å². The highest BCUT2D eigenvalue weighted by atomic mass is 32.1. The average Bonchev–Trinajstić information content (AvgIpc) is 2.57. The summed E-state index contributed by atoms with van der Waals surface area (Å²) in [7, 11) is 0. The number of aryl methyl sites for hydroxylation is 2. The maximum absolute atomic E-state index is 12.0. The van der Waals surface area contributed by atoms with E-state index < -0.39 is 0 Å². The monoisotopic (exact) mass is 229 g/mol. The fourth-order valence-corrected chi connectivity index (χ4v) is 3.17. The molecule has 0 amide bonds. The molecule has 0 bridgehead atoms. The Kier molecular flexibility index (Phi) is 1.91. The van der Waals surface area contributed by atoms with Crippen LogP contribution in [0.5, 0.6) is 0 Å². The van der Waals surface area contributed by atoms with E-state index >= 15 is 0 Å². The number of hydrogen-bond acceptors (Lipinski definition) is 2. The van der Waals surface area contributed by atoms with Crippen molar-refractivity contribution in [2.75, 3.05) is 0 Å². The Hall–Kier alpha value is -1.61. The Labute approximate surface area is 96.8 Å². The van der Waals surface area contributed by atoms with Crippen LogP contribution in [0.25, 0.3) is 15.6 Å². The first-order valence-corrected chi connectivity index (χ1v) is 6.00. The van der Waals surface area contributed by atoms with Crippen molar-refractivity contribution in [3.8, 4) is 0 Å². The zero-order chi connectivity index (χ0) is 11.3. The molecule has 80 valence electrons. The Morgan fingerprint density at radius 2 is 1.94 bits per heavy atom. The van der Waals surface area contributed by atoms with Gasteiger partial charge < -0.3 is 0 Å². The SMILES string of the molecule is Cc1sc2c3ccccc3cc(=O)n2c1C. The van der Waals surface area contributed by atoms with Gasteiger partial charge in [-0.25, -0.2) is 0 Å². The molecule has 3 heteroatoms. The molecule has 16 heavy (non-hydrogen) atoms. The second-order valence-electron chi connectivity index (χ2n) is 3.95. The third-order valence-electron chi connectivity index (χ3n) is 2.99. The molecule has 3 aromatic rings. The lowest BCUT2D eigenvalue weighted by Gasteiger charge is -2.00. The van der Waals surface area contributed by atoms with Gasteiger partial charge in [0.05, 0.1) is 0 Å². The van der Waals surface area contributed by atoms with E-state index in [1.54, 1.807) is 17.4 Å². The third-order valence-corrected chi connectivity index (χ3v) is 4.19. The molecule has 0 spiro atoms. The lowest BCUT2D eigenvalue weighted by molar-refractivity contribution is 1.05. The van der Waals surface area contributed by atoms with Crippen LogP contribution >= 0.6 is 11.3 Å². The summed E-state index contributed by atoms with van der Waals surface area (Å²) in [5, 5.41) is 2.18. The van der Waals surface area contributed by atoms with Crippen molar-refractivity contribution in [1.29, 1.82) is 0 Å². The van der Waals surface area contributed by atoms with Gasteiger partial charge in [-0.3, -0.25) is 9.20 Å². The first kappa shape index (κ1) is 9.60. The Morgan fingerprint density at radius 1 is 1.19 bits per heavy atom. The van der Waals surface area contributed by atoms with Crippen LogP contribution < -0.4 is 5.56 Å². The average molecular weight is 229 g/mol. The molecular weight excluding hydrogens is 218 g/mol. The lowest BCUT2D eigenvalue weighted by Crippen LogP contribution is -2.12. The topological polar surface area (TPSA) is 21.5 Å². The minimum absolute atomic E-state index is 0.0653. The molecule has 0 N–H and O–H groups in total. The minimum Gasteiger partial charge on any atom is -0.271 e. The van der Waals surface area contributed by atoms with Gasteiger partial charge in [-0.15, -0.1) is 11.3 Å². The van der Waals surface area contributed by atoms with Crippen molar-refractivity contribution >= 4 is 26.9 Å². The van der Waals surface area contributed by atoms with Crippen LogP contribution in [0, 0.1) is 13.8 Å². The van der Waals surface area contributed by atoms with E-state index in [-0.39, 0.29) is 5.56 Å². The number of thiazole rings is 1. The lowest BCUT2D eigenvalue weighted by atomic mass is 10.2. The van der Waals surface area contributed by atoms with Crippen LogP contribution in [0.2, 0.25) is 0 Å². The van der Waals surface area contributed by atoms with Gasteiger partial charge in [0.25, 0.3) is 5.56 Å². The van der Waals surface area contributed by atoms with Crippen LogP contribution in [0.1, 0.15) is 10.6 Å². The fourth-order valence-electron chi connectivity index (χ4n) is 2.03. The summed E-state index contributed by atoms with van der Waals surface area (Å²) in [5.74, 6) is 0. The molecular formula is C13H11NOS. The van der Waals surface area contributed by atoms with Crippen molar-refractivity contribution in [3.05, 3.63) is 51.3 Å². The molecule has 0 saturated carbocycles. The first-order chi connectivity index (χ1) is 7.68. The molecule has 0 aliphatic rings. The number of aromatic nitrogens is 1. The van der Waals surface area contributed by atoms with E-state index in [1.807, 2.05) is 29.5 Å². The van der Waals surface area contributed by atoms with Gasteiger partial charge in [-0.1, -0.05) is 24.3 Å². The third kappa shape index (κ3) is 1.15. The van der Waals surface area contributed by atoms with E-state index in [4.69, 9.17) is 0 Å². The van der Waals surface area contributed by atoms with Gasteiger partial charge in [0.1, 0.15) is 4.83 Å². The number of benzene rings is 1. The highest BCUT2D eigenvalue weighted by Crippen LogP contribution is 2.26. The molecule has 1 aromatic carbocycles. The molecule has 0 fully saturated rings. The van der Waals surface area contributed by atoms with E-state index in [0.717, 1.165) is 21.3 Å². The van der Waals surface area contributed by atoms with Crippen LogP contribution in [-0.4, -0.2) is 4.40 Å². The Balaban J connectivity index is 2.70. The highest BCUT2D eigenvalue weighted by molar-refractivity contribution is 7.18. The summed E-state index contributed by atoms with van der Waals surface area (Å²) in [6.07, 6.45) is 0. The van der Waals surface area contributed by atoms with E-state index in [1.165, 1.54) is 4.88 Å². The molecule has 0 saturated heterocycles. The summed E-state index contributed by atoms with van der Waals surface area (Å²) in [5.41, 5.74) is 1.12. The van der Waals surface area contributed by atoms with Gasteiger partial charge in [-0.2, -0.15) is 0 Å². The highest BCUT2D eigenvalue weighted by Gasteiger charge is 2.09.